The molecule has 0 aliphatic heterocycles. The number of hydrogen-bond donors (Lipinski definition) is 18. The third kappa shape index (κ3) is 25.1. The van der Waals surface area contributed by atoms with Gasteiger partial charge in [0.2, 0.25) is 53.2 Å². The lowest BCUT2D eigenvalue weighted by molar-refractivity contribution is -0.136. The van der Waals surface area contributed by atoms with E-state index < -0.39 is 108 Å². The molecule has 5 aromatic carbocycles. The van der Waals surface area contributed by atoms with E-state index in [0.717, 1.165) is 43.8 Å². The zero-order valence-corrected chi connectivity index (χ0v) is 61.6. The second-order valence-corrected chi connectivity index (χ2v) is 28.3. The molecule has 25 N–H and O–H groups in total. The monoisotopic (exact) mass is 1480 g/mol. The fourth-order valence-corrected chi connectivity index (χ4v) is 14.4. The van der Waals surface area contributed by atoms with Gasteiger partial charge in [-0.25, -0.2) is 0 Å². The summed E-state index contributed by atoms with van der Waals surface area (Å²) >= 11 is 1.40. The number of carbonyl (C=O) groups excluding carboxylic acids is 9. The molecule has 107 heavy (non-hydrogen) atoms. The number of hydrogen-bond acceptors (Lipinski definition) is 16. The van der Waals surface area contributed by atoms with E-state index in [9.17, 15) is 19.2 Å². The number of H-pyrrole nitrogens is 3. The van der Waals surface area contributed by atoms with Gasteiger partial charge in [-0.15, -0.1) is 11.8 Å². The zero-order valence-electron chi connectivity index (χ0n) is 60.8. The van der Waals surface area contributed by atoms with Crippen molar-refractivity contribution in [3.63, 3.8) is 0 Å². The zero-order chi connectivity index (χ0) is 76.5. The summed E-state index contributed by atoms with van der Waals surface area (Å²) in [7, 11) is 0. The number of carbonyl (C=O) groups is 9. The number of nitrogens with two attached hydrogens (primary N) is 7. The van der Waals surface area contributed by atoms with Gasteiger partial charge in [0.15, 0.2) is 0 Å². The molecule has 28 heteroatoms. The van der Waals surface area contributed by atoms with E-state index in [1.165, 1.54) is 11.8 Å². The van der Waals surface area contributed by atoms with Crippen LogP contribution >= 0.6 is 11.8 Å². The Morgan fingerprint density at radius 1 is 0.318 bits per heavy atom. The summed E-state index contributed by atoms with van der Waals surface area (Å²) in [5, 5.41) is 25.2. The molecule has 27 nitrogen and oxygen atoms in total. The Labute approximate surface area is 628 Å². The van der Waals surface area contributed by atoms with Crippen molar-refractivity contribution >= 4 is 97.6 Å². The van der Waals surface area contributed by atoms with Crippen LogP contribution in [0.15, 0.2) is 152 Å². The van der Waals surface area contributed by atoms with Gasteiger partial charge in [-0.3, -0.25) is 43.2 Å². The summed E-state index contributed by atoms with van der Waals surface area (Å²) in [5.74, 6) is -6.52. The molecule has 8 aromatic rings. The molecule has 0 spiro atoms. The highest BCUT2D eigenvalue weighted by Crippen LogP contribution is 2.36. The molecule has 0 unspecified atom stereocenters. The maximum Gasteiger partial charge on any atom is 0.244 e. The van der Waals surface area contributed by atoms with Gasteiger partial charge in [-0.2, -0.15) is 0 Å². The molecule has 0 aliphatic carbocycles. The van der Waals surface area contributed by atoms with Crippen molar-refractivity contribution in [3.8, 4) is 0 Å². The normalized spacial score (nSPS) is 14.0. The lowest BCUT2D eigenvalue weighted by atomic mass is 10.00. The van der Waals surface area contributed by atoms with Gasteiger partial charge in [0.05, 0.1) is 11.3 Å². The molecule has 3 aromatic heterocycles. The van der Waals surface area contributed by atoms with E-state index >= 15 is 24.0 Å². The minimum absolute atomic E-state index is 0.0123. The Bertz CT molecular complexity index is 4110. The molecule has 0 saturated heterocycles. The van der Waals surface area contributed by atoms with Crippen LogP contribution in [0.3, 0.4) is 0 Å². The van der Waals surface area contributed by atoms with Gasteiger partial charge in [-0.1, -0.05) is 122 Å². The van der Waals surface area contributed by atoms with Crippen molar-refractivity contribution in [2.24, 2.45) is 40.1 Å². The number of benzene rings is 5. The Kier molecular flexibility index (Phi) is 33.7. The number of unbranched alkanes of at least 4 members (excludes halogenated alkanes) is 5. The fourth-order valence-electron chi connectivity index (χ4n) is 13.1. The van der Waals surface area contributed by atoms with Gasteiger partial charge in [-0.05, 0) is 169 Å². The minimum Gasteiger partial charge on any atom is -0.368 e. The number of nitrogens with one attached hydrogen (secondary N) is 11. The maximum atomic E-state index is 15.5. The molecule has 0 radical (unpaired) electrons. The van der Waals surface area contributed by atoms with Crippen molar-refractivity contribution in [1.82, 2.24) is 57.5 Å². The third-order valence-electron chi connectivity index (χ3n) is 19.1. The fraction of sp³-hybridized carbons (Fsp3) is 0.430. The standard InChI is InChI=1S/C79H108N18O9S/c80-38-18-13-30-58(85)72(99)91-63(35-15-20-40-82)74(101)94-67(44-53-47-88-60-32-11-8-28-56(53)60)77(104)96-66(43-52-46-87-59-31-10-7-27-55(52)59)76(103)93-64(36-16-21-41-83)73(100)92-65(37-17-22-42-84)75(102)95-68(45-54-48-89-61-33-12-9-29-57(54)61)78(105)97-69(79(106)90-62(71(86)98)34-14-19-39-81)49-107-70(50-23-3-1-4-24-50)51-25-5-2-6-26-51/h1-12,23-29,31-33,46-48,58,62-70,87-89H,13-22,30,34-45,49,80-85H2,(H2,86,98)(H,90,106)(H,91,99)(H,92,100)(H,93,103)(H,94,101)(H,95,102)(H,96,104)(H,97,105)/t58-,62-,63-,64-,65-,66-,67-,68-,69-/m0/s1. The van der Waals surface area contributed by atoms with Crippen molar-refractivity contribution in [1.29, 1.82) is 0 Å². The second kappa shape index (κ2) is 43.6. The Balaban J connectivity index is 1.10. The van der Waals surface area contributed by atoms with Crippen LogP contribution in [0.2, 0.25) is 0 Å². The first-order valence-electron chi connectivity index (χ1n) is 37.3. The highest BCUT2D eigenvalue weighted by Gasteiger charge is 2.37. The van der Waals surface area contributed by atoms with E-state index in [0.29, 0.717) is 107 Å². The molecule has 574 valence electrons. The quantitative estimate of drug-likeness (QED) is 0.0240. The Hall–Kier alpha value is -9.94. The molecule has 0 saturated carbocycles. The number of aromatic amines is 3. The van der Waals surface area contributed by atoms with Crippen molar-refractivity contribution < 1.29 is 43.2 Å². The molecule has 0 aliphatic rings. The van der Waals surface area contributed by atoms with Crippen LogP contribution in [-0.2, 0) is 62.4 Å². The van der Waals surface area contributed by atoms with Crippen LogP contribution in [0, 0.1) is 0 Å². The molecule has 0 bridgehead atoms. The number of rotatable bonds is 48. The van der Waals surface area contributed by atoms with E-state index in [1.807, 2.05) is 133 Å². The summed E-state index contributed by atoms with van der Waals surface area (Å²) in [6.45, 7) is 1.60. The largest absolute Gasteiger partial charge is 0.368 e. The van der Waals surface area contributed by atoms with E-state index in [4.69, 9.17) is 40.1 Å². The predicted octanol–water partition coefficient (Wildman–Crippen LogP) is 4.02. The van der Waals surface area contributed by atoms with E-state index in [1.54, 1.807) is 18.6 Å². The lowest BCUT2D eigenvalue weighted by Gasteiger charge is -2.29. The summed E-state index contributed by atoms with van der Waals surface area (Å²) in [4.78, 5) is 143. The van der Waals surface area contributed by atoms with E-state index in [-0.39, 0.29) is 69.0 Å². The van der Waals surface area contributed by atoms with Gasteiger partial charge in [0.25, 0.3) is 0 Å². The average molecular weight is 1490 g/mol. The van der Waals surface area contributed by atoms with Crippen molar-refractivity contribution in [2.75, 3.05) is 38.5 Å². The Morgan fingerprint density at radius 3 is 0.935 bits per heavy atom. The number of fused-ring (bicyclic) bond motifs is 3. The van der Waals surface area contributed by atoms with Gasteiger partial charge in [0, 0.05) is 76.3 Å². The first-order chi connectivity index (χ1) is 51.9. The molecular formula is C79H108N18O9S. The summed E-state index contributed by atoms with van der Waals surface area (Å²) in [6.07, 6.45) is 10.5. The molecular weight excluding hydrogens is 1380 g/mol. The topological polar surface area (TPSA) is 479 Å². The second-order valence-electron chi connectivity index (χ2n) is 27.1. The summed E-state index contributed by atoms with van der Waals surface area (Å²) in [5.41, 5.74) is 47.8. The molecule has 0 fully saturated rings. The SMILES string of the molecule is NCCCC[C@H](NC(=O)[C@H](CSC(c1ccccc1)c1ccccc1)NC(=O)[C@H](Cc1c[nH]c2ccccc12)NC(=O)[C@H](CCCCN)NC(=O)[C@H](CCCCN)NC(=O)[C@H](Cc1c[nH]c2ccccc12)NC(=O)[C@H](Cc1c[nH]c2ccccc12)NC(=O)[C@H](CCCCN)NC(=O)[C@@H](N)CCCCN)C(N)=O. The first kappa shape index (κ1) is 82.7. The van der Waals surface area contributed by atoms with Crippen LogP contribution in [0.25, 0.3) is 32.7 Å². The molecule has 8 rings (SSSR count). The number of thioether (sulfide) groups is 1. The van der Waals surface area contributed by atoms with Crippen molar-refractivity contribution in [2.45, 2.75) is 175 Å². The smallest absolute Gasteiger partial charge is 0.244 e. The predicted molar refractivity (Wildman–Crippen MR) is 420 cm³/mol. The highest BCUT2D eigenvalue weighted by molar-refractivity contribution is 7.99. The molecule has 9 amide bonds. The van der Waals surface area contributed by atoms with Crippen LogP contribution < -0.4 is 82.7 Å². The number of amides is 9. The summed E-state index contributed by atoms with van der Waals surface area (Å²) < 4.78 is 0. The number of primary amides is 1. The van der Waals surface area contributed by atoms with Gasteiger partial charge in [0.1, 0.15) is 48.3 Å². The van der Waals surface area contributed by atoms with Crippen LogP contribution in [-0.4, -0.2) is 161 Å². The third-order valence-corrected chi connectivity index (χ3v) is 20.5. The van der Waals surface area contributed by atoms with Crippen LogP contribution in [0.4, 0.5) is 0 Å². The highest BCUT2D eigenvalue weighted by atomic mass is 32.2. The van der Waals surface area contributed by atoms with Crippen molar-refractivity contribution in [3.05, 3.63) is 180 Å². The van der Waals surface area contributed by atoms with Gasteiger partial charge < -0.3 is 97.6 Å². The number of para-hydroxylation sites is 3. The lowest BCUT2D eigenvalue weighted by Crippen LogP contribution is -2.61. The van der Waals surface area contributed by atoms with Crippen LogP contribution in [0.1, 0.15) is 129 Å². The van der Waals surface area contributed by atoms with Gasteiger partial charge >= 0.3 is 0 Å². The van der Waals surface area contributed by atoms with Crippen LogP contribution in [0.5, 0.6) is 0 Å². The maximum absolute atomic E-state index is 15.5. The first-order valence-corrected chi connectivity index (χ1v) is 38.3. The number of aromatic nitrogens is 3. The summed E-state index contributed by atoms with van der Waals surface area (Å²) in [6, 6.07) is 30.3. The minimum atomic E-state index is -1.42. The average Bonchev–Trinajstić information content (AvgIpc) is 1.70. The Morgan fingerprint density at radius 2 is 0.589 bits per heavy atom. The van der Waals surface area contributed by atoms with E-state index in [2.05, 4.69) is 57.5 Å². The molecule has 3 heterocycles. The molecule has 9 atom stereocenters.